The van der Waals surface area contributed by atoms with Crippen molar-refractivity contribution in [3.63, 3.8) is 0 Å². The van der Waals surface area contributed by atoms with Gasteiger partial charge in [0, 0.05) is 12.0 Å². The van der Waals surface area contributed by atoms with Crippen LogP contribution < -0.4 is 9.47 Å². The van der Waals surface area contributed by atoms with Crippen LogP contribution in [0.2, 0.25) is 0 Å². The summed E-state index contributed by atoms with van der Waals surface area (Å²) >= 11 is 5.92. The summed E-state index contributed by atoms with van der Waals surface area (Å²) in [7, 11) is 0. The van der Waals surface area contributed by atoms with Gasteiger partial charge in [-0.3, -0.25) is 0 Å². The van der Waals surface area contributed by atoms with Crippen LogP contribution in [0.25, 0.3) is 0 Å². The van der Waals surface area contributed by atoms with Crippen LogP contribution in [0.5, 0.6) is 11.5 Å². The lowest BCUT2D eigenvalue weighted by molar-refractivity contribution is 0.246. The summed E-state index contributed by atoms with van der Waals surface area (Å²) in [6.45, 7) is 3.32. The van der Waals surface area contributed by atoms with E-state index in [-0.39, 0.29) is 0 Å². The average Bonchev–Trinajstić information content (AvgIpc) is 2.49. The minimum atomic E-state index is 0.470. The molecular formula is C17H19ClO2. The number of para-hydroxylation sites is 1. The number of ether oxygens (including phenoxy) is 2. The van der Waals surface area contributed by atoms with E-state index in [0.717, 1.165) is 23.5 Å². The number of aryl methyl sites for hydroxylation is 1. The van der Waals surface area contributed by atoms with Crippen molar-refractivity contribution in [1.82, 2.24) is 0 Å². The predicted octanol–water partition coefficient (Wildman–Crippen LogP) is 4.58. The van der Waals surface area contributed by atoms with Gasteiger partial charge in [-0.05, 0) is 25.1 Å². The Bertz CT molecular complexity index is 526. The summed E-state index contributed by atoms with van der Waals surface area (Å²) in [5, 5.41) is 0. The van der Waals surface area contributed by atoms with E-state index in [1.54, 1.807) is 0 Å². The maximum Gasteiger partial charge on any atom is 0.123 e. The molecule has 0 radical (unpaired) electrons. The number of halogens is 1. The summed E-state index contributed by atoms with van der Waals surface area (Å²) < 4.78 is 11.4. The van der Waals surface area contributed by atoms with Crippen LogP contribution in [0.15, 0.2) is 48.5 Å². The number of benzene rings is 2. The second-order valence-corrected chi connectivity index (χ2v) is 4.88. The Balaban J connectivity index is 1.73. The van der Waals surface area contributed by atoms with Gasteiger partial charge in [0.15, 0.2) is 0 Å². The van der Waals surface area contributed by atoms with Crippen LogP contribution in [-0.2, 0) is 5.88 Å². The van der Waals surface area contributed by atoms with Gasteiger partial charge < -0.3 is 9.47 Å². The number of alkyl halides is 1. The summed E-state index contributed by atoms with van der Waals surface area (Å²) in [5.41, 5.74) is 2.23. The maximum atomic E-state index is 5.92. The van der Waals surface area contributed by atoms with Gasteiger partial charge in [-0.2, -0.15) is 0 Å². The molecule has 0 aliphatic heterocycles. The van der Waals surface area contributed by atoms with Gasteiger partial charge in [-0.1, -0.05) is 35.9 Å². The number of hydrogen-bond donors (Lipinski definition) is 0. The highest BCUT2D eigenvalue weighted by Gasteiger charge is 2.03. The van der Waals surface area contributed by atoms with Gasteiger partial charge in [0.2, 0.25) is 0 Å². The molecule has 0 amide bonds. The van der Waals surface area contributed by atoms with Gasteiger partial charge in [-0.25, -0.2) is 0 Å². The van der Waals surface area contributed by atoms with E-state index in [4.69, 9.17) is 21.1 Å². The quantitative estimate of drug-likeness (QED) is 0.549. The van der Waals surface area contributed by atoms with E-state index in [0.29, 0.717) is 19.1 Å². The first-order chi connectivity index (χ1) is 9.79. The number of rotatable bonds is 7. The first kappa shape index (κ1) is 14.7. The molecule has 106 valence electrons. The van der Waals surface area contributed by atoms with Gasteiger partial charge in [0.25, 0.3) is 0 Å². The number of hydrogen-bond acceptors (Lipinski definition) is 2. The summed E-state index contributed by atoms with van der Waals surface area (Å²) in [4.78, 5) is 0. The third-order valence-corrected chi connectivity index (χ3v) is 3.21. The second kappa shape index (κ2) is 7.81. The molecule has 2 aromatic rings. The fraction of sp³-hybridized carbons (Fsp3) is 0.294. The smallest absolute Gasteiger partial charge is 0.123 e. The maximum absolute atomic E-state index is 5.92. The van der Waals surface area contributed by atoms with E-state index >= 15 is 0 Å². The molecule has 3 heteroatoms. The highest BCUT2D eigenvalue weighted by atomic mass is 35.5. The lowest BCUT2D eigenvalue weighted by Gasteiger charge is -2.11. The normalized spacial score (nSPS) is 10.3. The van der Waals surface area contributed by atoms with E-state index < -0.39 is 0 Å². The molecule has 0 aromatic heterocycles. The molecule has 0 atom stereocenters. The molecule has 2 nitrogen and oxygen atoms in total. The molecule has 0 aliphatic rings. The summed E-state index contributed by atoms with van der Waals surface area (Å²) in [6.07, 6.45) is 0.838. The van der Waals surface area contributed by atoms with Crippen molar-refractivity contribution in [1.29, 1.82) is 0 Å². The van der Waals surface area contributed by atoms with Crippen LogP contribution in [0, 0.1) is 6.92 Å². The van der Waals surface area contributed by atoms with Crippen molar-refractivity contribution in [2.75, 3.05) is 13.2 Å². The van der Waals surface area contributed by atoms with Crippen LogP contribution in [0.1, 0.15) is 17.5 Å². The van der Waals surface area contributed by atoms with E-state index in [1.807, 2.05) is 49.4 Å². The molecule has 0 saturated carbocycles. The SMILES string of the molecule is Cc1ccc(OCCCOc2ccccc2)c(CCl)c1. The molecule has 2 rings (SSSR count). The Morgan fingerprint density at radius 3 is 2.45 bits per heavy atom. The fourth-order valence-corrected chi connectivity index (χ4v) is 2.11. The van der Waals surface area contributed by atoms with Gasteiger partial charge in [0.05, 0.1) is 19.1 Å². The van der Waals surface area contributed by atoms with Crippen molar-refractivity contribution >= 4 is 11.6 Å². The van der Waals surface area contributed by atoms with Gasteiger partial charge >= 0.3 is 0 Å². The van der Waals surface area contributed by atoms with E-state index in [2.05, 4.69) is 6.07 Å². The molecule has 0 unspecified atom stereocenters. The van der Waals surface area contributed by atoms with Crippen LogP contribution in [0.3, 0.4) is 0 Å². The highest BCUT2D eigenvalue weighted by Crippen LogP contribution is 2.22. The second-order valence-electron chi connectivity index (χ2n) is 4.61. The topological polar surface area (TPSA) is 18.5 Å². The van der Waals surface area contributed by atoms with Crippen LogP contribution in [0.4, 0.5) is 0 Å². The molecule has 0 heterocycles. The van der Waals surface area contributed by atoms with Gasteiger partial charge in [-0.15, -0.1) is 11.6 Å². The zero-order chi connectivity index (χ0) is 14.2. The first-order valence-electron chi connectivity index (χ1n) is 6.76. The zero-order valence-corrected chi connectivity index (χ0v) is 12.4. The molecule has 0 aliphatic carbocycles. The molecule has 2 aromatic carbocycles. The van der Waals surface area contributed by atoms with E-state index in [9.17, 15) is 0 Å². The lowest BCUT2D eigenvalue weighted by atomic mass is 10.1. The minimum absolute atomic E-state index is 0.470. The van der Waals surface area contributed by atoms with Crippen LogP contribution >= 0.6 is 11.6 Å². The summed E-state index contributed by atoms with van der Waals surface area (Å²) in [6, 6.07) is 15.9. The van der Waals surface area contributed by atoms with Crippen molar-refractivity contribution in [3.05, 3.63) is 59.7 Å². The highest BCUT2D eigenvalue weighted by molar-refractivity contribution is 6.17. The van der Waals surface area contributed by atoms with Crippen molar-refractivity contribution in [2.45, 2.75) is 19.2 Å². The summed E-state index contributed by atoms with van der Waals surface area (Å²) in [5.74, 6) is 2.23. The largest absolute Gasteiger partial charge is 0.493 e. The predicted molar refractivity (Wildman–Crippen MR) is 82.8 cm³/mol. The molecule has 20 heavy (non-hydrogen) atoms. The van der Waals surface area contributed by atoms with Crippen molar-refractivity contribution < 1.29 is 9.47 Å². The Morgan fingerprint density at radius 2 is 1.70 bits per heavy atom. The van der Waals surface area contributed by atoms with Gasteiger partial charge in [0.1, 0.15) is 11.5 Å². The Hall–Kier alpha value is -1.67. The van der Waals surface area contributed by atoms with Crippen molar-refractivity contribution in [3.8, 4) is 11.5 Å². The minimum Gasteiger partial charge on any atom is -0.493 e. The Labute approximate surface area is 125 Å². The van der Waals surface area contributed by atoms with Crippen LogP contribution in [-0.4, -0.2) is 13.2 Å². The molecule has 0 saturated heterocycles. The first-order valence-corrected chi connectivity index (χ1v) is 7.29. The average molecular weight is 291 g/mol. The molecule has 0 spiro atoms. The Kier molecular flexibility index (Phi) is 5.75. The lowest BCUT2D eigenvalue weighted by Crippen LogP contribution is -2.06. The Morgan fingerprint density at radius 1 is 0.950 bits per heavy atom. The monoisotopic (exact) mass is 290 g/mol. The van der Waals surface area contributed by atoms with E-state index in [1.165, 1.54) is 5.56 Å². The molecule has 0 N–H and O–H groups in total. The van der Waals surface area contributed by atoms with Crippen molar-refractivity contribution in [2.24, 2.45) is 0 Å². The molecular weight excluding hydrogens is 272 g/mol. The zero-order valence-electron chi connectivity index (χ0n) is 11.6. The third kappa shape index (κ3) is 4.46. The fourth-order valence-electron chi connectivity index (χ4n) is 1.90. The molecule has 0 bridgehead atoms. The standard InChI is InChI=1S/C17H19ClO2/c1-14-8-9-17(15(12-14)13-18)20-11-5-10-19-16-6-3-2-4-7-16/h2-4,6-9,12H,5,10-11,13H2,1H3. The third-order valence-electron chi connectivity index (χ3n) is 2.92. The molecule has 0 fully saturated rings.